The lowest BCUT2D eigenvalue weighted by atomic mass is 10.3. The fourth-order valence-electron chi connectivity index (χ4n) is 0.985. The van der Waals surface area contributed by atoms with Gasteiger partial charge in [-0.25, -0.2) is 9.24 Å². The van der Waals surface area contributed by atoms with Crippen LogP contribution in [0.1, 0.15) is 0 Å². The van der Waals surface area contributed by atoms with Crippen LogP contribution in [0.15, 0.2) is 30.3 Å². The van der Waals surface area contributed by atoms with Gasteiger partial charge < -0.3 is 9.61 Å². The summed E-state index contributed by atoms with van der Waals surface area (Å²) in [6.07, 6.45) is 0. The molecule has 78 valence electrons. The minimum absolute atomic E-state index is 0.784. The Hall–Kier alpha value is -0.830. The Morgan fingerprint density at radius 3 is 2.29 bits per heavy atom. The minimum atomic E-state index is -2.91. The number of benzene rings is 1. The van der Waals surface area contributed by atoms with Crippen LogP contribution in [0.3, 0.4) is 0 Å². The van der Waals surface area contributed by atoms with Crippen molar-refractivity contribution in [1.29, 1.82) is 0 Å². The Morgan fingerprint density at radius 2 is 1.86 bits per heavy atom. The molecule has 0 radical (unpaired) electrons. The summed E-state index contributed by atoms with van der Waals surface area (Å²) in [5, 5.41) is 2.86. The van der Waals surface area contributed by atoms with E-state index in [0.717, 1.165) is 5.69 Å². The van der Waals surface area contributed by atoms with Crippen LogP contribution in [0.2, 0.25) is 0 Å². The third-order valence-electron chi connectivity index (χ3n) is 1.82. The third kappa shape index (κ3) is 2.58. The van der Waals surface area contributed by atoms with E-state index in [9.17, 15) is 4.57 Å². The Morgan fingerprint density at radius 1 is 1.29 bits per heavy atom. The maximum absolute atomic E-state index is 12.0. The summed E-state index contributed by atoms with van der Waals surface area (Å²) in [5.74, 6) is 0. The van der Waals surface area contributed by atoms with Crippen LogP contribution >= 0.6 is 7.67 Å². The molecule has 4 nitrogen and oxygen atoms in total. The number of nitrogens with one attached hydrogen (secondary N) is 1. The molecule has 0 aliphatic heterocycles. The molecule has 1 N–H and O–H groups in total. The molecular weight excluding hydrogens is 199 g/mol. The molecule has 0 aliphatic carbocycles. The SMILES string of the molecule is COP(=O)(Nc1ccccc1)N(C)C. The number of anilines is 1. The van der Waals surface area contributed by atoms with Crippen LogP contribution in [-0.4, -0.2) is 25.9 Å². The Kier molecular flexibility index (Phi) is 3.69. The lowest BCUT2D eigenvalue weighted by Crippen LogP contribution is -2.15. The molecule has 0 heterocycles. The van der Waals surface area contributed by atoms with E-state index < -0.39 is 7.67 Å². The highest BCUT2D eigenvalue weighted by atomic mass is 31.2. The monoisotopic (exact) mass is 214 g/mol. The van der Waals surface area contributed by atoms with Gasteiger partial charge in [0.15, 0.2) is 0 Å². The van der Waals surface area contributed by atoms with Crippen LogP contribution in [0.4, 0.5) is 5.69 Å². The number of nitrogens with zero attached hydrogens (tertiary/aromatic N) is 1. The number of para-hydroxylation sites is 1. The van der Waals surface area contributed by atoms with Crippen LogP contribution in [0, 0.1) is 0 Å². The van der Waals surface area contributed by atoms with E-state index in [4.69, 9.17) is 4.52 Å². The molecule has 1 aromatic rings. The third-order valence-corrected chi connectivity index (χ3v) is 3.91. The van der Waals surface area contributed by atoms with E-state index in [2.05, 4.69) is 5.09 Å². The Bertz CT molecular complexity index is 327. The first-order valence-electron chi connectivity index (χ1n) is 4.25. The average molecular weight is 214 g/mol. The van der Waals surface area contributed by atoms with Gasteiger partial charge in [0, 0.05) is 12.8 Å². The van der Waals surface area contributed by atoms with Crippen molar-refractivity contribution in [3.8, 4) is 0 Å². The first kappa shape index (κ1) is 11.2. The fraction of sp³-hybridized carbons (Fsp3) is 0.333. The quantitative estimate of drug-likeness (QED) is 0.781. The Balaban J connectivity index is 2.81. The summed E-state index contributed by atoms with van der Waals surface area (Å²) in [6, 6.07) is 9.33. The van der Waals surface area contributed by atoms with Crippen LogP contribution in [0.25, 0.3) is 0 Å². The van der Waals surface area contributed by atoms with Crippen molar-refractivity contribution < 1.29 is 9.09 Å². The zero-order chi connectivity index (χ0) is 10.6. The summed E-state index contributed by atoms with van der Waals surface area (Å²) < 4.78 is 18.6. The van der Waals surface area contributed by atoms with Gasteiger partial charge in [-0.1, -0.05) is 18.2 Å². The van der Waals surface area contributed by atoms with Crippen LogP contribution in [0.5, 0.6) is 0 Å². The fourth-order valence-corrected chi connectivity index (χ4v) is 2.08. The van der Waals surface area contributed by atoms with Crippen molar-refractivity contribution in [3.05, 3.63) is 30.3 Å². The Labute approximate surface area is 84.4 Å². The summed E-state index contributed by atoms with van der Waals surface area (Å²) >= 11 is 0. The van der Waals surface area contributed by atoms with Gasteiger partial charge in [-0.3, -0.25) is 0 Å². The molecule has 0 saturated heterocycles. The van der Waals surface area contributed by atoms with Gasteiger partial charge >= 0.3 is 7.67 Å². The normalized spacial score (nSPS) is 15.1. The molecule has 1 rings (SSSR count). The number of hydrogen-bond donors (Lipinski definition) is 1. The van der Waals surface area contributed by atoms with Gasteiger partial charge in [0.25, 0.3) is 0 Å². The van der Waals surface area contributed by atoms with Gasteiger partial charge in [0.1, 0.15) is 0 Å². The van der Waals surface area contributed by atoms with Crippen molar-refractivity contribution in [3.63, 3.8) is 0 Å². The van der Waals surface area contributed by atoms with Crippen molar-refractivity contribution in [2.75, 3.05) is 26.3 Å². The second-order valence-electron chi connectivity index (χ2n) is 3.03. The van der Waals surface area contributed by atoms with E-state index in [-0.39, 0.29) is 0 Å². The van der Waals surface area contributed by atoms with Crippen molar-refractivity contribution in [1.82, 2.24) is 4.67 Å². The van der Waals surface area contributed by atoms with E-state index >= 15 is 0 Å². The van der Waals surface area contributed by atoms with Crippen LogP contribution < -0.4 is 5.09 Å². The largest absolute Gasteiger partial charge is 0.367 e. The highest BCUT2D eigenvalue weighted by molar-refractivity contribution is 7.58. The smallest absolute Gasteiger partial charge is 0.305 e. The van der Waals surface area contributed by atoms with E-state index in [0.29, 0.717) is 0 Å². The van der Waals surface area contributed by atoms with Crippen LogP contribution in [-0.2, 0) is 9.09 Å². The summed E-state index contributed by atoms with van der Waals surface area (Å²) in [7, 11) is 1.93. The number of rotatable bonds is 4. The zero-order valence-electron chi connectivity index (χ0n) is 8.60. The molecule has 1 unspecified atom stereocenters. The van der Waals surface area contributed by atoms with Gasteiger partial charge in [0.2, 0.25) is 0 Å². The molecular formula is C9H15N2O2P. The molecule has 0 fully saturated rings. The lowest BCUT2D eigenvalue weighted by molar-refractivity contribution is 0.351. The highest BCUT2D eigenvalue weighted by Crippen LogP contribution is 2.47. The predicted octanol–water partition coefficient (Wildman–Crippen LogP) is 2.41. The molecule has 0 aromatic heterocycles. The van der Waals surface area contributed by atoms with E-state index in [1.807, 2.05) is 30.3 Å². The topological polar surface area (TPSA) is 41.6 Å². The molecule has 1 atom stereocenters. The van der Waals surface area contributed by atoms with Gasteiger partial charge in [-0.05, 0) is 26.2 Å². The molecule has 0 bridgehead atoms. The van der Waals surface area contributed by atoms with Crippen molar-refractivity contribution in [2.24, 2.45) is 0 Å². The molecule has 0 aliphatic rings. The van der Waals surface area contributed by atoms with Gasteiger partial charge in [-0.15, -0.1) is 0 Å². The van der Waals surface area contributed by atoms with E-state index in [1.54, 1.807) is 18.8 Å². The summed E-state index contributed by atoms with van der Waals surface area (Å²) in [6.45, 7) is 0. The maximum atomic E-state index is 12.0. The maximum Gasteiger partial charge on any atom is 0.367 e. The average Bonchev–Trinajstić information content (AvgIpc) is 2.19. The summed E-state index contributed by atoms with van der Waals surface area (Å²) in [4.78, 5) is 0. The minimum Gasteiger partial charge on any atom is -0.305 e. The first-order valence-corrected chi connectivity index (χ1v) is 5.83. The highest BCUT2D eigenvalue weighted by Gasteiger charge is 2.24. The van der Waals surface area contributed by atoms with Gasteiger partial charge in [-0.2, -0.15) is 0 Å². The lowest BCUT2D eigenvalue weighted by Gasteiger charge is -2.23. The van der Waals surface area contributed by atoms with Crippen molar-refractivity contribution in [2.45, 2.75) is 0 Å². The predicted molar refractivity (Wildman–Crippen MR) is 58.4 cm³/mol. The first-order chi connectivity index (χ1) is 6.58. The molecule has 1 aromatic carbocycles. The molecule has 14 heavy (non-hydrogen) atoms. The van der Waals surface area contributed by atoms with E-state index in [1.165, 1.54) is 7.11 Å². The molecule has 0 saturated carbocycles. The molecule has 0 spiro atoms. The van der Waals surface area contributed by atoms with Gasteiger partial charge in [0.05, 0.1) is 0 Å². The number of hydrogen-bond acceptors (Lipinski definition) is 2. The standard InChI is InChI=1S/C9H15N2O2P/c1-11(2)14(12,13-3)10-9-7-5-4-6-8-9/h4-8H,1-3H3,(H,10,12). The molecule has 0 amide bonds. The molecule has 5 heteroatoms. The second-order valence-corrected chi connectivity index (χ2v) is 5.46. The second kappa shape index (κ2) is 4.60. The van der Waals surface area contributed by atoms with Crippen molar-refractivity contribution >= 4 is 13.4 Å². The summed E-state index contributed by atoms with van der Waals surface area (Å²) in [5.41, 5.74) is 0.784. The zero-order valence-corrected chi connectivity index (χ0v) is 9.49.